The molecule has 1 unspecified atom stereocenters. The SMILES string of the molecule is CCN1CCN(C2CCN(C3CCNc4c(cnc5ccc(C)cc45)CC3)CC2)CC1. The Bertz CT molecular complexity index is 881. The summed E-state index contributed by atoms with van der Waals surface area (Å²) in [5.41, 5.74) is 5.14. The van der Waals surface area contributed by atoms with Crippen molar-refractivity contribution in [2.24, 2.45) is 0 Å². The maximum Gasteiger partial charge on any atom is 0.0723 e. The number of pyridine rings is 1. The Balaban J connectivity index is 1.19. The lowest BCUT2D eigenvalue weighted by Crippen LogP contribution is -2.54. The fourth-order valence-electron chi connectivity index (χ4n) is 6.00. The first-order valence-electron chi connectivity index (χ1n) is 12.5. The van der Waals surface area contributed by atoms with Crippen LogP contribution in [-0.4, -0.2) is 84.1 Å². The molecule has 1 aromatic carbocycles. The second-order valence-electron chi connectivity index (χ2n) is 9.82. The Hall–Kier alpha value is -1.69. The Morgan fingerprint density at radius 2 is 1.68 bits per heavy atom. The van der Waals surface area contributed by atoms with Crippen molar-refractivity contribution in [2.45, 2.75) is 58.0 Å². The van der Waals surface area contributed by atoms with Gasteiger partial charge in [0.1, 0.15) is 0 Å². The summed E-state index contributed by atoms with van der Waals surface area (Å²) in [5.74, 6) is 0. The summed E-state index contributed by atoms with van der Waals surface area (Å²) in [6, 6.07) is 8.11. The number of hydrogen-bond acceptors (Lipinski definition) is 5. The van der Waals surface area contributed by atoms with Gasteiger partial charge in [-0.15, -0.1) is 0 Å². The third-order valence-corrected chi connectivity index (χ3v) is 8.01. The molecule has 3 aliphatic rings. The van der Waals surface area contributed by atoms with Gasteiger partial charge in [-0.3, -0.25) is 9.88 Å². The van der Waals surface area contributed by atoms with Gasteiger partial charge in [0.25, 0.3) is 0 Å². The number of nitrogens with zero attached hydrogens (tertiary/aromatic N) is 4. The summed E-state index contributed by atoms with van der Waals surface area (Å²) in [6.45, 7) is 14.3. The molecule has 0 radical (unpaired) electrons. The number of likely N-dealkylation sites (tertiary alicyclic amines) is 1. The third-order valence-electron chi connectivity index (χ3n) is 8.01. The summed E-state index contributed by atoms with van der Waals surface area (Å²) < 4.78 is 0. The summed E-state index contributed by atoms with van der Waals surface area (Å²) in [4.78, 5) is 12.9. The highest BCUT2D eigenvalue weighted by Crippen LogP contribution is 2.31. The van der Waals surface area contributed by atoms with Crippen LogP contribution < -0.4 is 5.32 Å². The van der Waals surface area contributed by atoms with Crippen LogP contribution in [0.25, 0.3) is 10.9 Å². The molecule has 0 saturated carbocycles. The average molecular weight is 422 g/mol. The van der Waals surface area contributed by atoms with Gasteiger partial charge in [-0.2, -0.15) is 0 Å². The van der Waals surface area contributed by atoms with Crippen LogP contribution in [0, 0.1) is 6.92 Å². The number of fused-ring (bicyclic) bond motifs is 3. The van der Waals surface area contributed by atoms with E-state index in [1.165, 1.54) is 93.7 Å². The normalized spacial score (nSPS) is 25.0. The standard InChI is InChI=1S/C26H39N5/c1-3-29-14-16-31(17-15-29)23-9-12-30(13-10-23)22-6-5-21-19-28-25-7-4-20(2)18-24(25)26(21)27-11-8-22/h4,7,18-19,22-23,27H,3,5-6,8-17H2,1-2H3. The number of aromatic nitrogens is 1. The quantitative estimate of drug-likeness (QED) is 0.816. The smallest absolute Gasteiger partial charge is 0.0723 e. The van der Waals surface area contributed by atoms with Gasteiger partial charge in [0.2, 0.25) is 0 Å². The predicted molar refractivity (Wildman–Crippen MR) is 130 cm³/mol. The van der Waals surface area contributed by atoms with E-state index in [9.17, 15) is 0 Å². The van der Waals surface area contributed by atoms with Gasteiger partial charge in [-0.05, 0) is 76.4 Å². The molecule has 1 N–H and O–H groups in total. The predicted octanol–water partition coefficient (Wildman–Crippen LogP) is 3.76. The summed E-state index contributed by atoms with van der Waals surface area (Å²) in [7, 11) is 0. The number of likely N-dealkylation sites (N-methyl/N-ethyl adjacent to an activating group) is 1. The molecule has 1 aromatic heterocycles. The maximum absolute atomic E-state index is 4.76. The van der Waals surface area contributed by atoms with Crippen molar-refractivity contribution in [3.63, 3.8) is 0 Å². The number of benzene rings is 1. The molecule has 5 rings (SSSR count). The summed E-state index contributed by atoms with van der Waals surface area (Å²) in [6.07, 6.45) is 8.44. The molecule has 4 heterocycles. The number of piperidine rings is 1. The zero-order valence-corrected chi connectivity index (χ0v) is 19.4. The molecule has 2 saturated heterocycles. The highest BCUT2D eigenvalue weighted by atomic mass is 15.3. The minimum absolute atomic E-state index is 0.701. The second-order valence-corrected chi connectivity index (χ2v) is 9.82. The fourth-order valence-corrected chi connectivity index (χ4v) is 6.00. The van der Waals surface area contributed by atoms with Crippen LogP contribution >= 0.6 is 0 Å². The molecule has 2 fully saturated rings. The Morgan fingerprint density at radius 3 is 2.45 bits per heavy atom. The average Bonchev–Trinajstić information content (AvgIpc) is 2.80. The van der Waals surface area contributed by atoms with Gasteiger partial charge in [0, 0.05) is 62.1 Å². The Labute approximate surface area is 187 Å². The number of hydrogen-bond donors (Lipinski definition) is 1. The van der Waals surface area contributed by atoms with Gasteiger partial charge in [0.15, 0.2) is 0 Å². The lowest BCUT2D eigenvalue weighted by Gasteiger charge is -2.44. The van der Waals surface area contributed by atoms with Crippen LogP contribution in [0.5, 0.6) is 0 Å². The van der Waals surface area contributed by atoms with Crippen LogP contribution in [-0.2, 0) is 6.42 Å². The second kappa shape index (κ2) is 9.43. The molecular formula is C26H39N5. The summed E-state index contributed by atoms with van der Waals surface area (Å²) in [5, 5.41) is 5.09. The van der Waals surface area contributed by atoms with E-state index in [1.54, 1.807) is 0 Å². The van der Waals surface area contributed by atoms with E-state index >= 15 is 0 Å². The molecule has 0 amide bonds. The number of anilines is 1. The third kappa shape index (κ3) is 4.59. The van der Waals surface area contributed by atoms with Crippen molar-refractivity contribution in [1.82, 2.24) is 19.7 Å². The Morgan fingerprint density at radius 1 is 0.935 bits per heavy atom. The van der Waals surface area contributed by atoms with Crippen molar-refractivity contribution in [1.29, 1.82) is 0 Å². The highest BCUT2D eigenvalue weighted by molar-refractivity contribution is 5.93. The van der Waals surface area contributed by atoms with E-state index < -0.39 is 0 Å². The van der Waals surface area contributed by atoms with Gasteiger partial charge >= 0.3 is 0 Å². The van der Waals surface area contributed by atoms with Crippen molar-refractivity contribution in [3.8, 4) is 0 Å². The summed E-state index contributed by atoms with van der Waals surface area (Å²) >= 11 is 0. The van der Waals surface area contributed by atoms with Gasteiger partial charge in [0.05, 0.1) is 5.52 Å². The molecule has 31 heavy (non-hydrogen) atoms. The van der Waals surface area contributed by atoms with Crippen LogP contribution in [0.15, 0.2) is 24.4 Å². The molecule has 1 atom stereocenters. The topological polar surface area (TPSA) is 34.6 Å². The van der Waals surface area contributed by atoms with Gasteiger partial charge in [-0.25, -0.2) is 0 Å². The van der Waals surface area contributed by atoms with Crippen molar-refractivity contribution in [3.05, 3.63) is 35.5 Å². The monoisotopic (exact) mass is 421 g/mol. The largest absolute Gasteiger partial charge is 0.384 e. The van der Waals surface area contributed by atoms with Crippen molar-refractivity contribution in [2.75, 3.05) is 57.7 Å². The van der Waals surface area contributed by atoms with E-state index in [0.717, 1.165) is 24.5 Å². The first kappa shape index (κ1) is 21.2. The number of rotatable bonds is 3. The zero-order chi connectivity index (χ0) is 21.2. The molecule has 3 aliphatic heterocycles. The zero-order valence-electron chi connectivity index (χ0n) is 19.4. The molecule has 168 valence electrons. The minimum Gasteiger partial charge on any atom is -0.384 e. The molecule has 0 spiro atoms. The highest BCUT2D eigenvalue weighted by Gasteiger charge is 2.30. The van der Waals surface area contributed by atoms with Crippen LogP contribution in [0.2, 0.25) is 0 Å². The van der Waals surface area contributed by atoms with Crippen molar-refractivity contribution >= 4 is 16.6 Å². The van der Waals surface area contributed by atoms with Gasteiger partial charge < -0.3 is 15.1 Å². The first-order valence-corrected chi connectivity index (χ1v) is 12.5. The molecule has 0 aliphatic carbocycles. The lowest BCUT2D eigenvalue weighted by molar-refractivity contribution is 0.0466. The lowest BCUT2D eigenvalue weighted by atomic mass is 9.94. The fraction of sp³-hybridized carbons (Fsp3) is 0.654. The van der Waals surface area contributed by atoms with E-state index in [0.29, 0.717) is 6.04 Å². The number of aryl methyl sites for hydroxylation is 2. The van der Waals surface area contributed by atoms with Crippen molar-refractivity contribution < 1.29 is 0 Å². The number of piperazine rings is 1. The molecule has 5 nitrogen and oxygen atoms in total. The van der Waals surface area contributed by atoms with E-state index in [4.69, 9.17) is 4.98 Å². The Kier molecular flexibility index (Phi) is 6.44. The van der Waals surface area contributed by atoms with Crippen LogP contribution in [0.4, 0.5) is 5.69 Å². The molecule has 2 aromatic rings. The van der Waals surface area contributed by atoms with Gasteiger partial charge in [-0.1, -0.05) is 18.6 Å². The maximum atomic E-state index is 4.76. The van der Waals surface area contributed by atoms with E-state index in [2.05, 4.69) is 58.3 Å². The molecular weight excluding hydrogens is 382 g/mol. The van der Waals surface area contributed by atoms with E-state index in [-0.39, 0.29) is 0 Å². The van der Waals surface area contributed by atoms with Crippen LogP contribution in [0.3, 0.4) is 0 Å². The van der Waals surface area contributed by atoms with E-state index in [1.807, 2.05) is 0 Å². The first-order chi connectivity index (χ1) is 15.2. The molecule has 0 bridgehead atoms. The van der Waals surface area contributed by atoms with Crippen LogP contribution in [0.1, 0.15) is 43.7 Å². The minimum atomic E-state index is 0.701. The molecule has 5 heteroatoms. The number of nitrogens with one attached hydrogen (secondary N) is 1.